The molecule has 0 unspecified atom stereocenters. The molecule has 0 spiro atoms. The fourth-order valence-corrected chi connectivity index (χ4v) is 7.82. The van der Waals surface area contributed by atoms with E-state index in [9.17, 15) is 0 Å². The van der Waals surface area contributed by atoms with Crippen LogP contribution in [0.4, 0.5) is 5.69 Å². The van der Waals surface area contributed by atoms with Gasteiger partial charge in [0, 0.05) is 33.1 Å². The van der Waals surface area contributed by atoms with E-state index in [1.54, 1.807) is 0 Å². The largest absolute Gasteiger partial charge is 0.309 e. The topological polar surface area (TPSA) is 29.6 Å². The fraction of sp³-hybridized carbons (Fsp3) is 0.186. The summed E-state index contributed by atoms with van der Waals surface area (Å²) in [5, 5.41) is 2.50. The first kappa shape index (κ1) is 46.2. The van der Waals surface area contributed by atoms with Gasteiger partial charge in [-0.05, 0) is 85.3 Å². The number of aromatic nitrogens is 1. The lowest BCUT2D eigenvalue weighted by atomic mass is 9.78. The number of fused-ring (bicyclic) bond motifs is 5. The lowest BCUT2D eigenvalue weighted by Crippen LogP contribution is -2.27. The summed E-state index contributed by atoms with van der Waals surface area (Å²) in [5.41, 5.74) is 16.4. The van der Waals surface area contributed by atoms with Crippen molar-refractivity contribution in [2.45, 2.75) is 74.7 Å². The minimum absolute atomic E-state index is 0.266. The molecule has 1 aromatic heterocycles. The van der Waals surface area contributed by atoms with Crippen LogP contribution in [0.5, 0.6) is 0 Å². The minimum atomic E-state index is -0.266. The number of allylic oxidation sites excluding steroid dienone is 1. The first-order valence-corrected chi connectivity index (χ1v) is 22.1. The molecule has 0 radical (unpaired) electrons. The van der Waals surface area contributed by atoms with E-state index in [2.05, 4.69) is 171 Å². The number of benzene rings is 7. The third-order valence-corrected chi connectivity index (χ3v) is 10.7. The van der Waals surface area contributed by atoms with E-state index in [0.717, 1.165) is 56.3 Å². The van der Waals surface area contributed by atoms with Crippen LogP contribution in [0.15, 0.2) is 199 Å². The Hall–Kier alpha value is -6.84. The normalized spacial score (nSPS) is 12.2. The number of rotatable bonds is 7. The van der Waals surface area contributed by atoms with E-state index in [0.29, 0.717) is 0 Å². The Labute approximate surface area is 371 Å². The second-order valence-corrected chi connectivity index (χ2v) is 14.9. The molecule has 0 fully saturated rings. The Bertz CT molecular complexity index is 2770. The molecule has 0 bridgehead atoms. The predicted octanol–water partition coefficient (Wildman–Crippen LogP) is 17.1. The average molecular weight is 814 g/mol. The minimum Gasteiger partial charge on any atom is -0.309 e. The third kappa shape index (κ3) is 9.85. The summed E-state index contributed by atoms with van der Waals surface area (Å²) in [6.07, 6.45) is 0. The summed E-state index contributed by atoms with van der Waals surface area (Å²) in [7, 11) is 0. The van der Waals surface area contributed by atoms with Gasteiger partial charge in [-0.15, -0.1) is 0 Å². The molecule has 1 aliphatic rings. The van der Waals surface area contributed by atoms with Crippen molar-refractivity contribution in [3.8, 4) is 16.8 Å². The Balaban J connectivity index is 0.000000420. The van der Waals surface area contributed by atoms with E-state index in [4.69, 9.17) is 9.98 Å². The zero-order valence-electron chi connectivity index (χ0n) is 38.5. The highest BCUT2D eigenvalue weighted by molar-refractivity contribution is 6.19. The van der Waals surface area contributed by atoms with E-state index < -0.39 is 0 Å². The Morgan fingerprint density at radius 2 is 1.00 bits per heavy atom. The molecule has 0 amide bonds. The Kier molecular flexibility index (Phi) is 16.1. The quantitative estimate of drug-likeness (QED) is 0.144. The van der Waals surface area contributed by atoms with Crippen LogP contribution in [0.1, 0.15) is 97.1 Å². The molecule has 62 heavy (non-hydrogen) atoms. The fourth-order valence-electron chi connectivity index (χ4n) is 7.82. The molecule has 9 rings (SSSR count). The molecule has 8 aromatic rings. The van der Waals surface area contributed by atoms with Crippen molar-refractivity contribution in [3.63, 3.8) is 0 Å². The monoisotopic (exact) mass is 814 g/mol. The molecular weight excluding hydrogens is 751 g/mol. The molecule has 2 heterocycles. The molecule has 3 heteroatoms. The van der Waals surface area contributed by atoms with Gasteiger partial charge >= 0.3 is 0 Å². The summed E-state index contributed by atoms with van der Waals surface area (Å²) < 4.78 is 2.43. The van der Waals surface area contributed by atoms with Gasteiger partial charge in [0.15, 0.2) is 0 Å². The molecule has 3 nitrogen and oxygen atoms in total. The summed E-state index contributed by atoms with van der Waals surface area (Å²) in [6, 6.07) is 61.6. The molecular formula is C59H63N3. The van der Waals surface area contributed by atoms with Crippen LogP contribution in [-0.2, 0) is 5.41 Å². The standard InChI is InChI=1S/C44H35N3.C9H10.3C2H6/c1-29(31-13-7-5-8-14-31)45-30(2)32-19-21-33(22-20-32)34-23-25-36(26-24-34)47-40-18-12-11-17-37(40)38-27-28-39-41(42(38)47)44(3,4)43(46-39)35-15-9-6-10-16-35;1-8(2)9-6-4-3-5-7-9;3*1-2/h5-28H,2H2,1,3-4H3;3-7H,1H2,2H3;3*1-2H3. The Morgan fingerprint density at radius 1 is 0.500 bits per heavy atom. The van der Waals surface area contributed by atoms with Gasteiger partial charge in [0.1, 0.15) is 0 Å². The average Bonchev–Trinajstić information content (AvgIpc) is 3.82. The number of hydrogen-bond donors (Lipinski definition) is 0. The van der Waals surface area contributed by atoms with Gasteiger partial charge in [0.05, 0.1) is 28.1 Å². The van der Waals surface area contributed by atoms with Crippen LogP contribution in [0.2, 0.25) is 0 Å². The van der Waals surface area contributed by atoms with Crippen LogP contribution in [0.3, 0.4) is 0 Å². The lowest BCUT2D eigenvalue weighted by Gasteiger charge is -2.24. The van der Waals surface area contributed by atoms with Crippen molar-refractivity contribution in [3.05, 3.63) is 217 Å². The molecule has 1 aliphatic heterocycles. The zero-order valence-corrected chi connectivity index (χ0v) is 38.5. The SMILES string of the molecule is C=C(C)c1ccccc1.C=C(N=C(C)c1ccccc1)c1ccc(-c2ccc(-n3c4ccccc4c4ccc5c(c43)C(C)(C)C(c3ccccc3)=N5)cc2)cc1.CC.CC.CC. The van der Waals surface area contributed by atoms with Crippen molar-refractivity contribution in [1.29, 1.82) is 0 Å². The summed E-state index contributed by atoms with van der Waals surface area (Å²) in [4.78, 5) is 10.0. The number of aliphatic imine (C=N–C) groups is 2. The molecule has 314 valence electrons. The first-order chi connectivity index (χ1) is 30.2. The zero-order chi connectivity index (χ0) is 44.8. The van der Waals surface area contributed by atoms with Crippen molar-refractivity contribution in [1.82, 2.24) is 4.57 Å². The highest BCUT2D eigenvalue weighted by Gasteiger charge is 2.39. The maximum absolute atomic E-state index is 5.22. The molecule has 0 saturated heterocycles. The summed E-state index contributed by atoms with van der Waals surface area (Å²) in [5.74, 6) is 0. The van der Waals surface area contributed by atoms with Crippen molar-refractivity contribution in [2.24, 2.45) is 9.98 Å². The second kappa shape index (κ2) is 21.6. The van der Waals surface area contributed by atoms with Gasteiger partial charge in [0.2, 0.25) is 0 Å². The predicted molar refractivity (Wildman–Crippen MR) is 275 cm³/mol. The highest BCUT2D eigenvalue weighted by atomic mass is 15.0. The smallest absolute Gasteiger partial charge is 0.0696 e. The third-order valence-electron chi connectivity index (χ3n) is 10.7. The van der Waals surface area contributed by atoms with Gasteiger partial charge < -0.3 is 4.57 Å². The van der Waals surface area contributed by atoms with Gasteiger partial charge in [0.25, 0.3) is 0 Å². The van der Waals surface area contributed by atoms with Gasteiger partial charge in [-0.1, -0.05) is 212 Å². The number of para-hydroxylation sites is 1. The van der Waals surface area contributed by atoms with E-state index >= 15 is 0 Å². The molecule has 0 aliphatic carbocycles. The number of hydrogen-bond acceptors (Lipinski definition) is 2. The maximum Gasteiger partial charge on any atom is 0.0696 e. The maximum atomic E-state index is 5.22. The van der Waals surface area contributed by atoms with Crippen molar-refractivity contribution >= 4 is 50.2 Å². The van der Waals surface area contributed by atoms with Crippen molar-refractivity contribution < 1.29 is 0 Å². The molecule has 0 saturated carbocycles. The van der Waals surface area contributed by atoms with Crippen molar-refractivity contribution in [2.75, 3.05) is 0 Å². The lowest BCUT2D eigenvalue weighted by molar-refractivity contribution is 0.741. The van der Waals surface area contributed by atoms with Gasteiger partial charge in [-0.25, -0.2) is 0 Å². The van der Waals surface area contributed by atoms with E-state index in [-0.39, 0.29) is 5.41 Å². The van der Waals surface area contributed by atoms with Gasteiger partial charge in [-0.3, -0.25) is 9.98 Å². The second-order valence-electron chi connectivity index (χ2n) is 14.9. The van der Waals surface area contributed by atoms with Crippen LogP contribution >= 0.6 is 0 Å². The van der Waals surface area contributed by atoms with Crippen LogP contribution in [-0.4, -0.2) is 16.0 Å². The van der Waals surface area contributed by atoms with Crippen LogP contribution in [0.25, 0.3) is 49.9 Å². The number of nitrogens with zero attached hydrogens (tertiary/aromatic N) is 3. The molecule has 7 aromatic carbocycles. The summed E-state index contributed by atoms with van der Waals surface area (Å²) >= 11 is 0. The summed E-state index contributed by atoms with van der Waals surface area (Å²) in [6.45, 7) is 28.7. The van der Waals surface area contributed by atoms with E-state index in [1.165, 1.54) is 38.5 Å². The molecule has 0 atom stereocenters. The van der Waals surface area contributed by atoms with Gasteiger partial charge in [-0.2, -0.15) is 0 Å². The Morgan fingerprint density at radius 3 is 1.55 bits per heavy atom. The van der Waals surface area contributed by atoms with Crippen LogP contribution < -0.4 is 0 Å². The highest BCUT2D eigenvalue weighted by Crippen LogP contribution is 2.48. The first-order valence-electron chi connectivity index (χ1n) is 22.1. The van der Waals surface area contributed by atoms with Crippen LogP contribution in [0, 0.1) is 0 Å². The molecule has 0 N–H and O–H groups in total. The van der Waals surface area contributed by atoms with E-state index in [1.807, 2.05) is 91.8 Å².